The minimum atomic E-state index is 0.0495. The first-order valence-corrected chi connectivity index (χ1v) is 8.44. The second-order valence-electron chi connectivity index (χ2n) is 4.94. The molecule has 0 saturated carbocycles. The Balaban J connectivity index is 1.69. The first kappa shape index (κ1) is 14.6. The third-order valence-electron chi connectivity index (χ3n) is 3.44. The minimum Gasteiger partial charge on any atom is -0.317 e. The van der Waals surface area contributed by atoms with E-state index in [-0.39, 0.29) is 11.8 Å². The number of amides is 1. The molecule has 1 aliphatic heterocycles. The minimum absolute atomic E-state index is 0.0495. The predicted octanol–water partition coefficient (Wildman–Crippen LogP) is 2.91. The number of hydrogen-bond acceptors (Lipinski definition) is 5. The number of nitrogens with one attached hydrogen (secondary N) is 2. The zero-order valence-corrected chi connectivity index (χ0v) is 13.7. The van der Waals surface area contributed by atoms with Crippen LogP contribution in [0.1, 0.15) is 12.8 Å². The van der Waals surface area contributed by atoms with E-state index < -0.39 is 0 Å². The number of benzene rings is 1. The van der Waals surface area contributed by atoms with Gasteiger partial charge in [0.1, 0.15) is 5.01 Å². The fourth-order valence-corrected chi connectivity index (χ4v) is 3.45. The quantitative estimate of drug-likeness (QED) is 0.876. The predicted molar refractivity (Wildman–Crippen MR) is 87.3 cm³/mol. The summed E-state index contributed by atoms with van der Waals surface area (Å²) in [4.78, 5) is 12.2. The molecule has 2 aromatic rings. The second-order valence-corrected chi connectivity index (χ2v) is 6.83. The van der Waals surface area contributed by atoms with Crippen LogP contribution in [0.2, 0.25) is 0 Å². The van der Waals surface area contributed by atoms with Crippen LogP contribution >= 0.6 is 27.3 Å². The van der Waals surface area contributed by atoms with Crippen molar-refractivity contribution in [3.8, 4) is 10.6 Å². The van der Waals surface area contributed by atoms with Crippen LogP contribution < -0.4 is 10.6 Å². The van der Waals surface area contributed by atoms with Crippen LogP contribution in [0.4, 0.5) is 5.13 Å². The van der Waals surface area contributed by atoms with Gasteiger partial charge in [0.25, 0.3) is 0 Å². The van der Waals surface area contributed by atoms with Crippen molar-refractivity contribution in [3.05, 3.63) is 28.7 Å². The Labute approximate surface area is 135 Å². The SMILES string of the molecule is O=C(Nc1nnc(-c2cccc(Br)c2)s1)C1CCNCC1. The van der Waals surface area contributed by atoms with Gasteiger partial charge in [-0.2, -0.15) is 0 Å². The molecule has 2 N–H and O–H groups in total. The van der Waals surface area contributed by atoms with Crippen molar-refractivity contribution in [2.24, 2.45) is 5.92 Å². The van der Waals surface area contributed by atoms with Crippen molar-refractivity contribution in [1.82, 2.24) is 15.5 Å². The number of carbonyl (C=O) groups excluding carboxylic acids is 1. The summed E-state index contributed by atoms with van der Waals surface area (Å²) in [6.45, 7) is 1.80. The molecule has 0 bridgehead atoms. The molecule has 110 valence electrons. The van der Waals surface area contributed by atoms with Crippen LogP contribution in [0, 0.1) is 5.92 Å². The normalized spacial score (nSPS) is 15.9. The molecule has 2 heterocycles. The summed E-state index contributed by atoms with van der Waals surface area (Å²) >= 11 is 4.84. The molecule has 0 radical (unpaired) electrons. The molecule has 7 heteroatoms. The molecule has 5 nitrogen and oxygen atoms in total. The van der Waals surface area contributed by atoms with Gasteiger partial charge < -0.3 is 10.6 Å². The molecular formula is C14H15BrN4OS. The van der Waals surface area contributed by atoms with E-state index in [1.54, 1.807) is 0 Å². The number of rotatable bonds is 3. The summed E-state index contributed by atoms with van der Waals surface area (Å²) in [6.07, 6.45) is 1.76. The van der Waals surface area contributed by atoms with Gasteiger partial charge in [-0.05, 0) is 38.1 Å². The molecule has 1 aliphatic rings. The third-order valence-corrected chi connectivity index (χ3v) is 4.82. The van der Waals surface area contributed by atoms with E-state index in [0.29, 0.717) is 5.13 Å². The van der Waals surface area contributed by atoms with Crippen molar-refractivity contribution in [1.29, 1.82) is 0 Å². The highest BCUT2D eigenvalue weighted by Gasteiger charge is 2.22. The second kappa shape index (κ2) is 6.64. The van der Waals surface area contributed by atoms with E-state index in [0.717, 1.165) is 41.0 Å². The fraction of sp³-hybridized carbons (Fsp3) is 0.357. The van der Waals surface area contributed by atoms with Gasteiger partial charge in [-0.1, -0.05) is 39.4 Å². The lowest BCUT2D eigenvalue weighted by molar-refractivity contribution is -0.120. The van der Waals surface area contributed by atoms with Gasteiger partial charge in [-0.25, -0.2) is 0 Å². The van der Waals surface area contributed by atoms with E-state index in [1.165, 1.54) is 11.3 Å². The monoisotopic (exact) mass is 366 g/mol. The Morgan fingerprint density at radius 3 is 2.90 bits per heavy atom. The van der Waals surface area contributed by atoms with Crippen LogP contribution in [0.15, 0.2) is 28.7 Å². The number of carbonyl (C=O) groups is 1. The molecule has 1 fully saturated rings. The molecule has 1 aromatic heterocycles. The molecule has 1 amide bonds. The largest absolute Gasteiger partial charge is 0.317 e. The lowest BCUT2D eigenvalue weighted by atomic mass is 9.97. The van der Waals surface area contributed by atoms with Gasteiger partial charge in [0.15, 0.2) is 0 Å². The van der Waals surface area contributed by atoms with Gasteiger partial charge in [0.05, 0.1) is 0 Å². The maximum Gasteiger partial charge on any atom is 0.229 e. The van der Waals surface area contributed by atoms with Gasteiger partial charge in [0, 0.05) is 16.0 Å². The van der Waals surface area contributed by atoms with Crippen molar-refractivity contribution in [2.45, 2.75) is 12.8 Å². The molecule has 0 unspecified atom stereocenters. The molecule has 1 saturated heterocycles. The lowest BCUT2D eigenvalue weighted by Gasteiger charge is -2.20. The van der Waals surface area contributed by atoms with E-state index in [2.05, 4.69) is 36.8 Å². The van der Waals surface area contributed by atoms with Crippen LogP contribution in [-0.2, 0) is 4.79 Å². The summed E-state index contributed by atoms with van der Waals surface area (Å²) in [5.74, 6) is 0.123. The zero-order chi connectivity index (χ0) is 14.7. The van der Waals surface area contributed by atoms with Gasteiger partial charge in [0.2, 0.25) is 11.0 Å². The van der Waals surface area contributed by atoms with Crippen molar-refractivity contribution in [3.63, 3.8) is 0 Å². The first-order valence-electron chi connectivity index (χ1n) is 6.83. The maximum atomic E-state index is 12.2. The number of piperidine rings is 1. The van der Waals surface area contributed by atoms with Gasteiger partial charge >= 0.3 is 0 Å². The fourth-order valence-electron chi connectivity index (χ4n) is 2.30. The van der Waals surface area contributed by atoms with Gasteiger partial charge in [-0.3, -0.25) is 4.79 Å². The molecular weight excluding hydrogens is 352 g/mol. The topological polar surface area (TPSA) is 66.9 Å². The lowest BCUT2D eigenvalue weighted by Crippen LogP contribution is -2.34. The highest BCUT2D eigenvalue weighted by Crippen LogP contribution is 2.28. The number of anilines is 1. The Hall–Kier alpha value is -1.31. The summed E-state index contributed by atoms with van der Waals surface area (Å²) in [5, 5.41) is 15.7. The molecule has 0 aliphatic carbocycles. The van der Waals surface area contributed by atoms with Crippen LogP contribution in [0.25, 0.3) is 10.6 Å². The maximum absolute atomic E-state index is 12.2. The van der Waals surface area contributed by atoms with Crippen LogP contribution in [-0.4, -0.2) is 29.2 Å². The van der Waals surface area contributed by atoms with Crippen molar-refractivity contribution < 1.29 is 4.79 Å². The van der Waals surface area contributed by atoms with E-state index in [4.69, 9.17) is 0 Å². The molecule has 1 aromatic carbocycles. The molecule has 3 rings (SSSR count). The molecule has 21 heavy (non-hydrogen) atoms. The van der Waals surface area contributed by atoms with Crippen LogP contribution in [0.5, 0.6) is 0 Å². The zero-order valence-electron chi connectivity index (χ0n) is 11.3. The Morgan fingerprint density at radius 1 is 1.33 bits per heavy atom. The van der Waals surface area contributed by atoms with Crippen LogP contribution in [0.3, 0.4) is 0 Å². The molecule has 0 spiro atoms. The number of halogens is 1. The number of hydrogen-bond donors (Lipinski definition) is 2. The third kappa shape index (κ3) is 3.66. The summed E-state index contributed by atoms with van der Waals surface area (Å²) in [7, 11) is 0. The molecule has 0 atom stereocenters. The van der Waals surface area contributed by atoms with E-state index in [9.17, 15) is 4.79 Å². The first-order chi connectivity index (χ1) is 10.2. The van der Waals surface area contributed by atoms with E-state index >= 15 is 0 Å². The Bertz CT molecular complexity index is 639. The highest BCUT2D eigenvalue weighted by molar-refractivity contribution is 9.10. The smallest absolute Gasteiger partial charge is 0.229 e. The van der Waals surface area contributed by atoms with Crippen molar-refractivity contribution >= 4 is 38.3 Å². The average molecular weight is 367 g/mol. The summed E-state index contributed by atoms with van der Waals surface area (Å²) < 4.78 is 0.996. The van der Waals surface area contributed by atoms with Gasteiger partial charge in [-0.15, -0.1) is 10.2 Å². The number of nitrogens with zero attached hydrogens (tertiary/aromatic N) is 2. The standard InChI is InChI=1S/C14H15BrN4OS/c15-11-3-1-2-10(8-11)13-18-19-14(21-13)17-12(20)9-4-6-16-7-5-9/h1-3,8-9,16H,4-7H2,(H,17,19,20). The van der Waals surface area contributed by atoms with E-state index in [1.807, 2.05) is 24.3 Å². The highest BCUT2D eigenvalue weighted by atomic mass is 79.9. The Morgan fingerprint density at radius 2 is 2.14 bits per heavy atom. The summed E-state index contributed by atoms with van der Waals surface area (Å²) in [5.41, 5.74) is 0.990. The van der Waals surface area contributed by atoms with Crippen molar-refractivity contribution in [2.75, 3.05) is 18.4 Å². The Kier molecular flexibility index (Phi) is 4.62. The average Bonchev–Trinajstić information content (AvgIpc) is 2.97. The summed E-state index contributed by atoms with van der Waals surface area (Å²) in [6, 6.07) is 7.88. The number of aromatic nitrogens is 2.